The van der Waals surface area contributed by atoms with E-state index in [1.165, 1.54) is 0 Å². The lowest BCUT2D eigenvalue weighted by atomic mass is 10.1. The summed E-state index contributed by atoms with van der Waals surface area (Å²) >= 11 is 9.51. The Morgan fingerprint density at radius 2 is 1.95 bits per heavy atom. The molecule has 0 bridgehead atoms. The van der Waals surface area contributed by atoms with E-state index >= 15 is 0 Å². The van der Waals surface area contributed by atoms with Crippen LogP contribution in [-0.2, 0) is 4.79 Å². The van der Waals surface area contributed by atoms with E-state index < -0.39 is 0 Å². The molecule has 0 aromatic heterocycles. The zero-order valence-electron chi connectivity index (χ0n) is 12.7. The molecular formula is C17H17BrClNO2. The Bertz CT molecular complexity index is 716. The summed E-state index contributed by atoms with van der Waals surface area (Å²) in [4.78, 5) is 12.0. The van der Waals surface area contributed by atoms with Crippen molar-refractivity contribution in [2.75, 3.05) is 11.9 Å². The molecule has 0 saturated carbocycles. The lowest BCUT2D eigenvalue weighted by Crippen LogP contribution is -2.21. The number of nitrogens with one attached hydrogen (secondary N) is 1. The van der Waals surface area contributed by atoms with Gasteiger partial charge in [0.2, 0.25) is 0 Å². The zero-order chi connectivity index (χ0) is 16.3. The Balaban J connectivity index is 2.02. The molecule has 1 amide bonds. The summed E-state index contributed by atoms with van der Waals surface area (Å²) in [6.45, 7) is 5.74. The van der Waals surface area contributed by atoms with Gasteiger partial charge in [0.1, 0.15) is 5.75 Å². The second kappa shape index (κ2) is 7.16. The third kappa shape index (κ3) is 4.02. The van der Waals surface area contributed by atoms with E-state index in [9.17, 15) is 4.79 Å². The number of amides is 1. The fraction of sp³-hybridized carbons (Fsp3) is 0.235. The van der Waals surface area contributed by atoms with Gasteiger partial charge in [-0.25, -0.2) is 0 Å². The number of hydrogen-bond donors (Lipinski definition) is 1. The maximum atomic E-state index is 12.0. The molecule has 0 spiro atoms. The fourth-order valence-electron chi connectivity index (χ4n) is 1.98. The topological polar surface area (TPSA) is 38.3 Å². The van der Waals surface area contributed by atoms with Crippen LogP contribution in [0.3, 0.4) is 0 Å². The number of aryl methyl sites for hydroxylation is 2. The van der Waals surface area contributed by atoms with Crippen LogP contribution in [0.1, 0.15) is 16.7 Å². The molecule has 5 heteroatoms. The van der Waals surface area contributed by atoms with E-state index in [2.05, 4.69) is 21.2 Å². The van der Waals surface area contributed by atoms with Crippen LogP contribution in [0.25, 0.3) is 0 Å². The Labute approximate surface area is 143 Å². The molecule has 0 saturated heterocycles. The summed E-state index contributed by atoms with van der Waals surface area (Å²) in [5.74, 6) is 0.490. The van der Waals surface area contributed by atoms with Crippen LogP contribution in [-0.4, -0.2) is 12.5 Å². The first-order chi connectivity index (χ1) is 10.4. The van der Waals surface area contributed by atoms with E-state index in [1.54, 1.807) is 12.1 Å². The number of carbonyl (C=O) groups is 1. The van der Waals surface area contributed by atoms with Gasteiger partial charge in [0.25, 0.3) is 5.91 Å². The van der Waals surface area contributed by atoms with Gasteiger partial charge in [0.15, 0.2) is 6.61 Å². The zero-order valence-corrected chi connectivity index (χ0v) is 15.0. The molecule has 116 valence electrons. The molecular weight excluding hydrogens is 366 g/mol. The largest absolute Gasteiger partial charge is 0.483 e. The first-order valence-corrected chi connectivity index (χ1v) is 8.00. The van der Waals surface area contributed by atoms with Gasteiger partial charge in [0, 0.05) is 15.2 Å². The van der Waals surface area contributed by atoms with E-state index in [4.69, 9.17) is 16.3 Å². The lowest BCUT2D eigenvalue weighted by Gasteiger charge is -2.12. The smallest absolute Gasteiger partial charge is 0.262 e. The van der Waals surface area contributed by atoms with E-state index in [1.807, 2.05) is 39.0 Å². The Morgan fingerprint density at radius 1 is 1.23 bits per heavy atom. The predicted molar refractivity (Wildman–Crippen MR) is 93.9 cm³/mol. The molecule has 0 fully saturated rings. The SMILES string of the molecule is Cc1cc(OCC(=O)Nc2cccc(Cl)c2C)c(C)cc1Br. The first-order valence-electron chi connectivity index (χ1n) is 6.83. The highest BCUT2D eigenvalue weighted by molar-refractivity contribution is 9.10. The average molecular weight is 383 g/mol. The summed E-state index contributed by atoms with van der Waals surface area (Å²) in [7, 11) is 0. The van der Waals surface area contributed by atoms with E-state index in [0.717, 1.165) is 21.2 Å². The molecule has 0 heterocycles. The first kappa shape index (κ1) is 16.8. The third-order valence-electron chi connectivity index (χ3n) is 3.36. The normalized spacial score (nSPS) is 10.4. The summed E-state index contributed by atoms with van der Waals surface area (Å²) < 4.78 is 6.64. The number of hydrogen-bond acceptors (Lipinski definition) is 2. The summed E-state index contributed by atoms with van der Waals surface area (Å²) in [5, 5.41) is 3.43. The highest BCUT2D eigenvalue weighted by atomic mass is 79.9. The molecule has 0 aliphatic carbocycles. The van der Waals surface area contributed by atoms with Crippen LogP contribution in [0.5, 0.6) is 5.75 Å². The maximum absolute atomic E-state index is 12.0. The minimum atomic E-state index is -0.217. The van der Waals surface area contributed by atoms with Gasteiger partial charge in [-0.05, 0) is 61.7 Å². The molecule has 0 aliphatic heterocycles. The minimum Gasteiger partial charge on any atom is -0.483 e. The summed E-state index contributed by atoms with van der Waals surface area (Å²) in [6.07, 6.45) is 0. The summed E-state index contributed by atoms with van der Waals surface area (Å²) in [5.41, 5.74) is 3.58. The average Bonchev–Trinajstić information content (AvgIpc) is 2.46. The number of benzene rings is 2. The lowest BCUT2D eigenvalue weighted by molar-refractivity contribution is -0.118. The highest BCUT2D eigenvalue weighted by Crippen LogP contribution is 2.26. The van der Waals surface area contributed by atoms with Crippen LogP contribution < -0.4 is 10.1 Å². The standard InChI is InChI=1S/C17H17BrClNO2/c1-10-8-16(11(2)7-13(10)18)22-9-17(21)20-15-6-4-5-14(19)12(15)3/h4-8H,9H2,1-3H3,(H,20,21). The van der Waals surface area contributed by atoms with Gasteiger partial charge in [0.05, 0.1) is 0 Å². The number of anilines is 1. The summed E-state index contributed by atoms with van der Waals surface area (Å²) in [6, 6.07) is 9.29. The molecule has 2 aromatic rings. The second-order valence-electron chi connectivity index (χ2n) is 5.12. The molecule has 0 atom stereocenters. The molecule has 0 radical (unpaired) electrons. The van der Waals surface area contributed by atoms with Gasteiger partial charge in [-0.1, -0.05) is 33.6 Å². The van der Waals surface area contributed by atoms with Crippen molar-refractivity contribution in [1.29, 1.82) is 0 Å². The monoisotopic (exact) mass is 381 g/mol. The Hall–Kier alpha value is -1.52. The molecule has 1 N–H and O–H groups in total. The van der Waals surface area contributed by atoms with Gasteiger partial charge in [-0.2, -0.15) is 0 Å². The predicted octanol–water partition coefficient (Wildman–Crippen LogP) is 5.05. The van der Waals surface area contributed by atoms with Crippen molar-refractivity contribution in [3.8, 4) is 5.75 Å². The second-order valence-corrected chi connectivity index (χ2v) is 6.38. The van der Waals surface area contributed by atoms with Crippen LogP contribution in [0.2, 0.25) is 5.02 Å². The molecule has 22 heavy (non-hydrogen) atoms. The molecule has 0 aliphatic rings. The maximum Gasteiger partial charge on any atom is 0.262 e. The molecule has 2 aromatic carbocycles. The fourth-order valence-corrected chi connectivity index (χ4v) is 2.61. The molecule has 2 rings (SSSR count). The van der Waals surface area contributed by atoms with Crippen molar-refractivity contribution >= 4 is 39.1 Å². The van der Waals surface area contributed by atoms with E-state index in [0.29, 0.717) is 16.5 Å². The molecule has 0 unspecified atom stereocenters. The van der Waals surface area contributed by atoms with Gasteiger partial charge in [-0.3, -0.25) is 4.79 Å². The van der Waals surface area contributed by atoms with Gasteiger partial charge >= 0.3 is 0 Å². The van der Waals surface area contributed by atoms with Crippen molar-refractivity contribution in [2.45, 2.75) is 20.8 Å². The van der Waals surface area contributed by atoms with Crippen molar-refractivity contribution in [2.24, 2.45) is 0 Å². The van der Waals surface area contributed by atoms with Crippen molar-refractivity contribution in [3.63, 3.8) is 0 Å². The number of rotatable bonds is 4. The quantitative estimate of drug-likeness (QED) is 0.804. The van der Waals surface area contributed by atoms with Crippen molar-refractivity contribution in [1.82, 2.24) is 0 Å². The van der Waals surface area contributed by atoms with Crippen LogP contribution in [0, 0.1) is 20.8 Å². The minimum absolute atomic E-state index is 0.0478. The van der Waals surface area contributed by atoms with Crippen LogP contribution in [0.15, 0.2) is 34.8 Å². The van der Waals surface area contributed by atoms with Gasteiger partial charge < -0.3 is 10.1 Å². The number of halogens is 2. The number of carbonyl (C=O) groups excluding carboxylic acids is 1. The Kier molecular flexibility index (Phi) is 5.48. The third-order valence-corrected chi connectivity index (χ3v) is 4.62. The van der Waals surface area contributed by atoms with Crippen LogP contribution in [0.4, 0.5) is 5.69 Å². The Morgan fingerprint density at radius 3 is 2.68 bits per heavy atom. The van der Waals surface area contributed by atoms with E-state index in [-0.39, 0.29) is 12.5 Å². The van der Waals surface area contributed by atoms with Crippen molar-refractivity contribution < 1.29 is 9.53 Å². The van der Waals surface area contributed by atoms with Crippen molar-refractivity contribution in [3.05, 3.63) is 56.5 Å². The van der Waals surface area contributed by atoms with Crippen LogP contribution >= 0.6 is 27.5 Å². The number of ether oxygens (including phenoxy) is 1. The molecule has 3 nitrogen and oxygen atoms in total. The highest BCUT2D eigenvalue weighted by Gasteiger charge is 2.09. The van der Waals surface area contributed by atoms with Gasteiger partial charge in [-0.15, -0.1) is 0 Å².